The van der Waals surface area contributed by atoms with Crippen molar-refractivity contribution in [1.82, 2.24) is 0 Å². The van der Waals surface area contributed by atoms with Gasteiger partial charge in [0.2, 0.25) is 0 Å². The zero-order valence-corrected chi connectivity index (χ0v) is 14.1. The van der Waals surface area contributed by atoms with Crippen molar-refractivity contribution in [2.45, 2.75) is 45.4 Å². The van der Waals surface area contributed by atoms with Crippen LogP contribution in [0.4, 0.5) is 0 Å². The second kappa shape index (κ2) is 9.19. The van der Waals surface area contributed by atoms with Gasteiger partial charge in [-0.1, -0.05) is 69.4 Å². The van der Waals surface area contributed by atoms with Crippen molar-refractivity contribution in [2.75, 3.05) is 13.7 Å². The molecular formula is C20H26O3. The summed E-state index contributed by atoms with van der Waals surface area (Å²) in [4.78, 5) is 12.2. The fourth-order valence-corrected chi connectivity index (χ4v) is 2.75. The monoisotopic (exact) mass is 314 g/mol. The quantitative estimate of drug-likeness (QED) is 0.461. The SMILES string of the molecule is CCCCCCCCOc1ccc2ccccc2c1C(=O)OC. The van der Waals surface area contributed by atoms with Crippen molar-refractivity contribution in [3.8, 4) is 5.75 Å². The third-order valence-electron chi connectivity index (χ3n) is 4.04. The van der Waals surface area contributed by atoms with Crippen molar-refractivity contribution in [2.24, 2.45) is 0 Å². The molecule has 0 aromatic heterocycles. The Morgan fingerprint density at radius 3 is 2.48 bits per heavy atom. The van der Waals surface area contributed by atoms with Gasteiger partial charge in [-0.15, -0.1) is 0 Å². The van der Waals surface area contributed by atoms with Crippen LogP contribution in [0.2, 0.25) is 0 Å². The van der Waals surface area contributed by atoms with Gasteiger partial charge in [0.1, 0.15) is 11.3 Å². The number of hydrogen-bond acceptors (Lipinski definition) is 3. The first-order chi connectivity index (χ1) is 11.3. The lowest BCUT2D eigenvalue weighted by Gasteiger charge is -2.13. The summed E-state index contributed by atoms with van der Waals surface area (Å²) >= 11 is 0. The van der Waals surface area contributed by atoms with E-state index in [1.165, 1.54) is 39.2 Å². The topological polar surface area (TPSA) is 35.5 Å². The third kappa shape index (κ3) is 4.72. The van der Waals surface area contributed by atoms with Crippen LogP contribution in [0.3, 0.4) is 0 Å². The van der Waals surface area contributed by atoms with Crippen LogP contribution in [0.1, 0.15) is 55.8 Å². The van der Waals surface area contributed by atoms with Crippen molar-refractivity contribution in [3.63, 3.8) is 0 Å². The summed E-state index contributed by atoms with van der Waals surface area (Å²) in [5.74, 6) is 0.267. The zero-order chi connectivity index (χ0) is 16.5. The molecule has 0 spiro atoms. The number of hydrogen-bond donors (Lipinski definition) is 0. The van der Waals surface area contributed by atoms with Gasteiger partial charge < -0.3 is 9.47 Å². The maximum absolute atomic E-state index is 12.2. The van der Waals surface area contributed by atoms with E-state index in [2.05, 4.69) is 6.92 Å². The highest BCUT2D eigenvalue weighted by atomic mass is 16.5. The molecule has 2 aromatic carbocycles. The molecule has 0 radical (unpaired) electrons. The largest absolute Gasteiger partial charge is 0.493 e. The lowest BCUT2D eigenvalue weighted by atomic mass is 10.0. The molecule has 0 N–H and O–H groups in total. The molecule has 2 aromatic rings. The molecule has 3 nitrogen and oxygen atoms in total. The Hall–Kier alpha value is -2.03. The molecule has 0 aliphatic rings. The smallest absolute Gasteiger partial charge is 0.342 e. The molecule has 0 heterocycles. The van der Waals surface area contributed by atoms with Crippen LogP contribution in [0, 0.1) is 0 Å². The van der Waals surface area contributed by atoms with Crippen molar-refractivity contribution in [3.05, 3.63) is 42.0 Å². The molecule has 0 atom stereocenters. The predicted molar refractivity (Wildman–Crippen MR) is 94.2 cm³/mol. The van der Waals surface area contributed by atoms with Gasteiger partial charge in [0.25, 0.3) is 0 Å². The first-order valence-electron chi connectivity index (χ1n) is 8.50. The standard InChI is InChI=1S/C20H26O3/c1-3-4-5-6-7-10-15-23-18-14-13-16-11-8-9-12-17(16)19(18)20(21)22-2/h8-9,11-14H,3-7,10,15H2,1-2H3. The molecule has 0 fully saturated rings. The van der Waals surface area contributed by atoms with Crippen LogP contribution in [0.5, 0.6) is 5.75 Å². The number of benzene rings is 2. The summed E-state index contributed by atoms with van der Waals surface area (Å²) in [6, 6.07) is 11.6. The van der Waals surface area contributed by atoms with E-state index in [4.69, 9.17) is 9.47 Å². The zero-order valence-electron chi connectivity index (χ0n) is 14.1. The van der Waals surface area contributed by atoms with E-state index < -0.39 is 0 Å². The Morgan fingerprint density at radius 1 is 0.957 bits per heavy atom. The maximum Gasteiger partial charge on any atom is 0.342 e. The minimum atomic E-state index is -0.347. The van der Waals surface area contributed by atoms with Crippen LogP contribution in [0.25, 0.3) is 10.8 Å². The first-order valence-corrected chi connectivity index (χ1v) is 8.50. The number of carbonyl (C=O) groups is 1. The van der Waals surface area contributed by atoms with Gasteiger partial charge in [-0.25, -0.2) is 4.79 Å². The van der Waals surface area contributed by atoms with Gasteiger partial charge in [0, 0.05) is 0 Å². The molecule has 0 amide bonds. The van der Waals surface area contributed by atoms with Gasteiger partial charge >= 0.3 is 5.97 Å². The number of unbranched alkanes of at least 4 members (excludes halogenated alkanes) is 5. The summed E-state index contributed by atoms with van der Waals surface area (Å²) in [5, 5.41) is 1.89. The average Bonchev–Trinajstić information content (AvgIpc) is 2.60. The highest BCUT2D eigenvalue weighted by Crippen LogP contribution is 2.29. The highest BCUT2D eigenvalue weighted by molar-refractivity contribution is 6.07. The average molecular weight is 314 g/mol. The van der Waals surface area contributed by atoms with E-state index in [-0.39, 0.29) is 5.97 Å². The molecule has 0 aliphatic carbocycles. The molecule has 0 aliphatic heterocycles. The van der Waals surface area contributed by atoms with Crippen LogP contribution in [0.15, 0.2) is 36.4 Å². The molecule has 3 heteroatoms. The molecule has 2 rings (SSSR count). The lowest BCUT2D eigenvalue weighted by molar-refractivity contribution is 0.0598. The summed E-state index contributed by atoms with van der Waals surface area (Å²) < 4.78 is 10.8. The van der Waals surface area contributed by atoms with Crippen molar-refractivity contribution in [1.29, 1.82) is 0 Å². The van der Waals surface area contributed by atoms with Gasteiger partial charge in [-0.2, -0.15) is 0 Å². The molecule has 0 bridgehead atoms. The first kappa shape index (κ1) is 17.3. The normalized spacial score (nSPS) is 10.7. The summed E-state index contributed by atoms with van der Waals surface area (Å²) in [6.07, 6.45) is 7.28. The summed E-state index contributed by atoms with van der Waals surface area (Å²) in [7, 11) is 1.40. The second-order valence-corrected chi connectivity index (χ2v) is 5.77. The van der Waals surface area contributed by atoms with Gasteiger partial charge in [-0.3, -0.25) is 0 Å². The highest BCUT2D eigenvalue weighted by Gasteiger charge is 2.17. The Bertz CT molecular complexity index is 634. The number of fused-ring (bicyclic) bond motifs is 1. The van der Waals surface area contributed by atoms with Gasteiger partial charge in [0.15, 0.2) is 0 Å². The molecule has 0 saturated heterocycles. The fourth-order valence-electron chi connectivity index (χ4n) is 2.75. The second-order valence-electron chi connectivity index (χ2n) is 5.77. The molecule has 124 valence electrons. The van der Waals surface area contributed by atoms with Gasteiger partial charge in [0.05, 0.1) is 13.7 Å². The minimum Gasteiger partial charge on any atom is -0.493 e. The van der Waals surface area contributed by atoms with Crippen molar-refractivity contribution < 1.29 is 14.3 Å². The fraction of sp³-hybridized carbons (Fsp3) is 0.450. The Balaban J connectivity index is 2.03. The number of methoxy groups -OCH3 is 1. The van der Waals surface area contributed by atoms with Crippen LogP contribution in [-0.4, -0.2) is 19.7 Å². The van der Waals surface area contributed by atoms with E-state index in [1.807, 2.05) is 36.4 Å². The molecular weight excluding hydrogens is 288 g/mol. The lowest BCUT2D eigenvalue weighted by Crippen LogP contribution is -2.07. The maximum atomic E-state index is 12.2. The predicted octanol–water partition coefficient (Wildman–Crippen LogP) is 5.37. The van der Waals surface area contributed by atoms with Gasteiger partial charge in [-0.05, 0) is 23.3 Å². The number of rotatable bonds is 9. The van der Waals surface area contributed by atoms with Crippen molar-refractivity contribution >= 4 is 16.7 Å². The van der Waals surface area contributed by atoms with E-state index in [9.17, 15) is 4.79 Å². The molecule has 0 saturated carbocycles. The summed E-state index contributed by atoms with van der Waals surface area (Å²) in [6.45, 7) is 2.85. The Kier molecular flexibility index (Phi) is 6.92. The minimum absolute atomic E-state index is 0.347. The number of esters is 1. The third-order valence-corrected chi connectivity index (χ3v) is 4.04. The number of ether oxygens (including phenoxy) is 2. The van der Waals surface area contributed by atoms with Crippen LogP contribution < -0.4 is 4.74 Å². The van der Waals surface area contributed by atoms with Crippen LogP contribution in [-0.2, 0) is 4.74 Å². The Morgan fingerprint density at radius 2 is 1.70 bits per heavy atom. The molecule has 0 unspecified atom stereocenters. The van der Waals surface area contributed by atoms with E-state index in [1.54, 1.807) is 0 Å². The Labute approximate surface area is 138 Å². The molecule has 23 heavy (non-hydrogen) atoms. The van der Waals surface area contributed by atoms with E-state index in [0.29, 0.717) is 17.9 Å². The number of carbonyl (C=O) groups excluding carboxylic acids is 1. The van der Waals surface area contributed by atoms with E-state index >= 15 is 0 Å². The van der Waals surface area contributed by atoms with E-state index in [0.717, 1.165) is 17.2 Å². The van der Waals surface area contributed by atoms with Crippen LogP contribution >= 0.6 is 0 Å². The summed E-state index contributed by atoms with van der Waals surface area (Å²) in [5.41, 5.74) is 0.525.